The normalized spacial score (nSPS) is 21.6. The van der Waals surface area contributed by atoms with Crippen LogP contribution >= 0.6 is 0 Å². The first-order chi connectivity index (χ1) is 5.79. The molecule has 1 saturated heterocycles. The van der Waals surface area contributed by atoms with Gasteiger partial charge in [-0.05, 0) is 30.4 Å². The number of hydrogen-bond acceptors (Lipinski definition) is 1. The first-order valence-corrected chi connectivity index (χ1v) is 4.46. The molecule has 1 nitrogen and oxygen atoms in total. The van der Waals surface area contributed by atoms with E-state index in [2.05, 4.69) is 20.1 Å². The van der Waals surface area contributed by atoms with Crippen molar-refractivity contribution in [2.45, 2.75) is 26.2 Å². The van der Waals surface area contributed by atoms with Crippen LogP contribution < -0.4 is 0 Å². The van der Waals surface area contributed by atoms with E-state index >= 15 is 0 Å². The highest BCUT2D eigenvalue weighted by Crippen LogP contribution is 2.26. The van der Waals surface area contributed by atoms with Gasteiger partial charge in [0.1, 0.15) is 5.76 Å². The number of allylic oxidation sites excluding steroid dienone is 3. The van der Waals surface area contributed by atoms with E-state index in [4.69, 9.17) is 4.74 Å². The standard InChI is InChI=1S/C11H16O/c1-4-10(5-2)11-7-6-8-12-9(11)3/h4H,1,3,5-8H2,2H3/b11-10+. The summed E-state index contributed by atoms with van der Waals surface area (Å²) in [4.78, 5) is 0. The number of rotatable bonds is 2. The van der Waals surface area contributed by atoms with E-state index in [1.54, 1.807) is 0 Å². The summed E-state index contributed by atoms with van der Waals surface area (Å²) in [6, 6.07) is 0. The smallest absolute Gasteiger partial charge is 0.115 e. The second-order valence-corrected chi connectivity index (χ2v) is 2.94. The van der Waals surface area contributed by atoms with Crippen LogP contribution in [0.1, 0.15) is 26.2 Å². The van der Waals surface area contributed by atoms with E-state index < -0.39 is 0 Å². The van der Waals surface area contributed by atoms with Gasteiger partial charge in [-0.3, -0.25) is 0 Å². The number of ether oxygens (including phenoxy) is 1. The average Bonchev–Trinajstić information content (AvgIpc) is 2.10. The maximum atomic E-state index is 5.37. The van der Waals surface area contributed by atoms with E-state index in [1.165, 1.54) is 11.1 Å². The van der Waals surface area contributed by atoms with Crippen LogP contribution in [-0.4, -0.2) is 6.61 Å². The molecule has 0 aliphatic carbocycles. The quantitative estimate of drug-likeness (QED) is 0.609. The van der Waals surface area contributed by atoms with E-state index in [0.717, 1.165) is 31.6 Å². The molecule has 1 rings (SSSR count). The van der Waals surface area contributed by atoms with Gasteiger partial charge in [-0.25, -0.2) is 0 Å². The SMILES string of the molecule is C=C/C(CC)=C1/CCCOC1=C. The average molecular weight is 164 g/mol. The second kappa shape index (κ2) is 4.15. The van der Waals surface area contributed by atoms with Crippen LogP contribution in [0.4, 0.5) is 0 Å². The fourth-order valence-corrected chi connectivity index (χ4v) is 1.49. The maximum absolute atomic E-state index is 5.37. The highest BCUT2D eigenvalue weighted by Gasteiger charge is 2.12. The van der Waals surface area contributed by atoms with Gasteiger partial charge in [-0.2, -0.15) is 0 Å². The van der Waals surface area contributed by atoms with Crippen molar-refractivity contribution < 1.29 is 4.74 Å². The molecule has 1 heterocycles. The fraction of sp³-hybridized carbons (Fsp3) is 0.455. The molecule has 1 aliphatic rings. The monoisotopic (exact) mass is 164 g/mol. The maximum Gasteiger partial charge on any atom is 0.115 e. The predicted octanol–water partition coefficient (Wildman–Crippen LogP) is 3.20. The molecule has 1 fully saturated rings. The van der Waals surface area contributed by atoms with Gasteiger partial charge in [-0.1, -0.05) is 26.2 Å². The Bertz CT molecular complexity index is 223. The van der Waals surface area contributed by atoms with Crippen molar-refractivity contribution in [3.63, 3.8) is 0 Å². The van der Waals surface area contributed by atoms with Crippen molar-refractivity contribution in [1.82, 2.24) is 0 Å². The Hall–Kier alpha value is -0.980. The molecule has 0 N–H and O–H groups in total. The topological polar surface area (TPSA) is 9.23 Å². The van der Waals surface area contributed by atoms with Crippen LogP contribution in [0.3, 0.4) is 0 Å². The van der Waals surface area contributed by atoms with E-state index in [-0.39, 0.29) is 0 Å². The molecule has 1 heteroatoms. The largest absolute Gasteiger partial charge is 0.494 e. The lowest BCUT2D eigenvalue weighted by Crippen LogP contribution is -2.07. The van der Waals surface area contributed by atoms with Gasteiger partial charge in [-0.15, -0.1) is 0 Å². The highest BCUT2D eigenvalue weighted by atomic mass is 16.5. The third-order valence-corrected chi connectivity index (χ3v) is 2.20. The Balaban J connectivity index is 2.87. The van der Waals surface area contributed by atoms with Crippen LogP contribution in [0.15, 0.2) is 36.1 Å². The lowest BCUT2D eigenvalue weighted by atomic mass is 9.98. The number of hydrogen-bond donors (Lipinski definition) is 0. The molecular formula is C11H16O. The van der Waals surface area contributed by atoms with Crippen LogP contribution in [0.25, 0.3) is 0 Å². The molecule has 0 aromatic carbocycles. The van der Waals surface area contributed by atoms with Crippen LogP contribution in [0.2, 0.25) is 0 Å². The predicted molar refractivity (Wildman–Crippen MR) is 51.8 cm³/mol. The first kappa shape index (κ1) is 9.11. The van der Waals surface area contributed by atoms with Crippen LogP contribution in [0.5, 0.6) is 0 Å². The molecule has 0 amide bonds. The third-order valence-electron chi connectivity index (χ3n) is 2.20. The Morgan fingerprint density at radius 2 is 2.42 bits per heavy atom. The molecule has 12 heavy (non-hydrogen) atoms. The minimum Gasteiger partial charge on any atom is -0.494 e. The summed E-state index contributed by atoms with van der Waals surface area (Å²) in [6.45, 7) is 10.6. The summed E-state index contributed by atoms with van der Waals surface area (Å²) in [5.41, 5.74) is 2.54. The van der Waals surface area contributed by atoms with Crippen molar-refractivity contribution in [2.24, 2.45) is 0 Å². The Kier molecular flexibility index (Phi) is 3.15. The molecule has 0 bridgehead atoms. The summed E-state index contributed by atoms with van der Waals surface area (Å²) in [6.07, 6.45) is 5.12. The Labute approximate surface area is 74.4 Å². The molecule has 66 valence electrons. The fourth-order valence-electron chi connectivity index (χ4n) is 1.49. The second-order valence-electron chi connectivity index (χ2n) is 2.94. The van der Waals surface area contributed by atoms with Gasteiger partial charge in [0.05, 0.1) is 6.61 Å². The Morgan fingerprint density at radius 1 is 1.67 bits per heavy atom. The summed E-state index contributed by atoms with van der Waals surface area (Å²) in [5, 5.41) is 0. The van der Waals surface area contributed by atoms with Gasteiger partial charge >= 0.3 is 0 Å². The van der Waals surface area contributed by atoms with E-state index in [9.17, 15) is 0 Å². The molecular weight excluding hydrogens is 148 g/mol. The van der Waals surface area contributed by atoms with Crippen molar-refractivity contribution in [3.05, 3.63) is 36.1 Å². The van der Waals surface area contributed by atoms with E-state index in [1.807, 2.05) is 6.08 Å². The van der Waals surface area contributed by atoms with Gasteiger partial charge in [0.2, 0.25) is 0 Å². The van der Waals surface area contributed by atoms with Gasteiger partial charge in [0, 0.05) is 0 Å². The molecule has 0 aromatic heterocycles. The minimum absolute atomic E-state index is 0.816. The summed E-state index contributed by atoms with van der Waals surface area (Å²) < 4.78 is 5.37. The van der Waals surface area contributed by atoms with Crippen molar-refractivity contribution in [2.75, 3.05) is 6.61 Å². The molecule has 0 radical (unpaired) electrons. The third kappa shape index (κ3) is 1.79. The van der Waals surface area contributed by atoms with Crippen LogP contribution in [-0.2, 0) is 4.74 Å². The summed E-state index contributed by atoms with van der Waals surface area (Å²) >= 11 is 0. The van der Waals surface area contributed by atoms with Gasteiger partial charge in [0.15, 0.2) is 0 Å². The first-order valence-electron chi connectivity index (χ1n) is 4.46. The lowest BCUT2D eigenvalue weighted by molar-refractivity contribution is 0.194. The van der Waals surface area contributed by atoms with E-state index in [0.29, 0.717) is 0 Å². The zero-order valence-electron chi connectivity index (χ0n) is 7.73. The zero-order chi connectivity index (χ0) is 8.97. The van der Waals surface area contributed by atoms with Crippen molar-refractivity contribution in [3.8, 4) is 0 Å². The van der Waals surface area contributed by atoms with Crippen molar-refractivity contribution in [1.29, 1.82) is 0 Å². The molecule has 0 spiro atoms. The molecule has 1 aliphatic heterocycles. The van der Waals surface area contributed by atoms with Gasteiger partial charge < -0.3 is 4.74 Å². The molecule has 0 unspecified atom stereocenters. The lowest BCUT2D eigenvalue weighted by Gasteiger charge is -2.20. The van der Waals surface area contributed by atoms with Crippen LogP contribution in [0, 0.1) is 0 Å². The summed E-state index contributed by atoms with van der Waals surface area (Å²) in [7, 11) is 0. The van der Waals surface area contributed by atoms with Crippen molar-refractivity contribution >= 4 is 0 Å². The highest BCUT2D eigenvalue weighted by molar-refractivity contribution is 5.35. The molecule has 0 aromatic rings. The Morgan fingerprint density at radius 3 is 2.92 bits per heavy atom. The molecule has 0 atom stereocenters. The molecule has 0 saturated carbocycles. The zero-order valence-corrected chi connectivity index (χ0v) is 7.73. The summed E-state index contributed by atoms with van der Waals surface area (Å²) in [5.74, 6) is 0.845. The minimum atomic E-state index is 0.816. The van der Waals surface area contributed by atoms with Gasteiger partial charge in [0.25, 0.3) is 0 Å².